The number of nitrogens with one attached hydrogen (secondary N) is 1. The van der Waals surface area contributed by atoms with Gasteiger partial charge in [-0.05, 0) is 31.9 Å². The number of nitrogens with zero attached hydrogens (tertiary/aromatic N) is 3. The van der Waals surface area contributed by atoms with Gasteiger partial charge in [-0.15, -0.1) is 11.3 Å². The molecule has 3 N–H and O–H groups in total. The maximum absolute atomic E-state index is 5.81. The standard InChI is InChI=1S/C16H17N5S.2C2H6/c1-9-2-4-12-11(6-9)15(19-8-18-12)20-10-3-5-13-14(7-10)22-16(17)21-13;2*1-2/h2,4,6,8,10H,3,5,7H2,1H3,(H2,17,21)(H,18,19,20);2*1-2H3. The zero-order valence-electron chi connectivity index (χ0n) is 16.3. The summed E-state index contributed by atoms with van der Waals surface area (Å²) in [6.45, 7) is 10.1. The Kier molecular flexibility index (Phi) is 7.33. The van der Waals surface area contributed by atoms with Gasteiger partial charge >= 0.3 is 0 Å². The van der Waals surface area contributed by atoms with Crippen LogP contribution in [-0.2, 0) is 12.8 Å². The Bertz CT molecular complexity index is 843. The molecule has 6 heteroatoms. The number of thiazole rings is 1. The first-order chi connectivity index (χ1) is 12.7. The normalized spacial score (nSPS) is 15.2. The molecule has 1 aliphatic rings. The Morgan fingerprint density at radius 3 is 2.69 bits per heavy atom. The highest BCUT2D eigenvalue weighted by Gasteiger charge is 2.22. The fourth-order valence-electron chi connectivity index (χ4n) is 3.00. The Morgan fingerprint density at radius 2 is 1.92 bits per heavy atom. The first-order valence-electron chi connectivity index (χ1n) is 9.41. The second-order valence-corrected chi connectivity index (χ2v) is 6.86. The fraction of sp³-hybridized carbons (Fsp3) is 0.450. The lowest BCUT2D eigenvalue weighted by molar-refractivity contribution is 0.608. The second-order valence-electron chi connectivity index (χ2n) is 5.75. The van der Waals surface area contributed by atoms with Gasteiger partial charge in [0.05, 0.1) is 11.2 Å². The predicted octanol–water partition coefficient (Wildman–Crippen LogP) is 5.00. The van der Waals surface area contributed by atoms with Gasteiger partial charge in [0.25, 0.3) is 0 Å². The molecule has 3 aromatic rings. The van der Waals surface area contributed by atoms with Gasteiger partial charge in [0, 0.05) is 22.7 Å². The monoisotopic (exact) mass is 371 g/mol. The van der Waals surface area contributed by atoms with Crippen LogP contribution in [0.4, 0.5) is 10.9 Å². The van der Waals surface area contributed by atoms with Crippen LogP contribution in [0.2, 0.25) is 0 Å². The van der Waals surface area contributed by atoms with Gasteiger partial charge < -0.3 is 11.1 Å². The van der Waals surface area contributed by atoms with Crippen LogP contribution in [0.3, 0.4) is 0 Å². The van der Waals surface area contributed by atoms with Crippen molar-refractivity contribution in [2.45, 2.75) is 59.9 Å². The number of aryl methyl sites for hydroxylation is 2. The van der Waals surface area contributed by atoms with Crippen LogP contribution in [0.5, 0.6) is 0 Å². The Balaban J connectivity index is 0.000000570. The Morgan fingerprint density at radius 1 is 1.15 bits per heavy atom. The zero-order valence-corrected chi connectivity index (χ0v) is 17.2. The molecule has 26 heavy (non-hydrogen) atoms. The van der Waals surface area contributed by atoms with E-state index in [4.69, 9.17) is 5.73 Å². The number of nitrogens with two attached hydrogens (primary N) is 1. The number of fused-ring (bicyclic) bond motifs is 2. The van der Waals surface area contributed by atoms with E-state index in [1.807, 2.05) is 33.8 Å². The van der Waals surface area contributed by atoms with Crippen LogP contribution < -0.4 is 11.1 Å². The first-order valence-corrected chi connectivity index (χ1v) is 10.2. The minimum atomic E-state index is 0.367. The van der Waals surface area contributed by atoms with Crippen molar-refractivity contribution in [1.82, 2.24) is 15.0 Å². The molecule has 0 saturated carbocycles. The molecule has 5 nitrogen and oxygen atoms in total. The number of rotatable bonds is 2. The van der Waals surface area contributed by atoms with E-state index in [1.54, 1.807) is 17.7 Å². The van der Waals surface area contributed by atoms with Crippen LogP contribution in [0.25, 0.3) is 10.9 Å². The third-order valence-corrected chi connectivity index (χ3v) is 5.04. The summed E-state index contributed by atoms with van der Waals surface area (Å²) >= 11 is 1.60. The molecule has 140 valence electrons. The van der Waals surface area contributed by atoms with Crippen molar-refractivity contribution in [2.24, 2.45) is 0 Å². The van der Waals surface area contributed by atoms with Gasteiger partial charge in [0.2, 0.25) is 0 Å². The van der Waals surface area contributed by atoms with E-state index in [2.05, 4.69) is 39.3 Å². The molecule has 0 fully saturated rings. The number of anilines is 2. The maximum atomic E-state index is 5.81. The van der Waals surface area contributed by atoms with E-state index in [9.17, 15) is 0 Å². The van der Waals surface area contributed by atoms with Crippen molar-refractivity contribution in [3.8, 4) is 0 Å². The largest absolute Gasteiger partial charge is 0.375 e. The van der Waals surface area contributed by atoms with Gasteiger partial charge in [-0.1, -0.05) is 39.3 Å². The molecular formula is C20H29N5S. The molecular weight excluding hydrogens is 342 g/mol. The lowest BCUT2D eigenvalue weighted by Crippen LogP contribution is -2.27. The second kappa shape index (κ2) is 9.48. The molecule has 1 atom stereocenters. The Labute approximate surface area is 160 Å². The SMILES string of the molecule is CC.CC.Cc1ccc2ncnc(NC3CCc4nc(N)sc4C3)c2c1. The van der Waals surface area contributed by atoms with Crippen LogP contribution in [-0.4, -0.2) is 21.0 Å². The average molecular weight is 372 g/mol. The summed E-state index contributed by atoms with van der Waals surface area (Å²) in [7, 11) is 0. The van der Waals surface area contributed by atoms with Crippen molar-refractivity contribution in [3.63, 3.8) is 0 Å². The summed E-state index contributed by atoms with van der Waals surface area (Å²) in [5, 5.41) is 5.34. The number of hydrogen-bond donors (Lipinski definition) is 2. The smallest absolute Gasteiger partial charge is 0.180 e. The topological polar surface area (TPSA) is 76.7 Å². The highest BCUT2D eigenvalue weighted by molar-refractivity contribution is 7.15. The van der Waals surface area contributed by atoms with Crippen molar-refractivity contribution in [2.75, 3.05) is 11.1 Å². The van der Waals surface area contributed by atoms with Crippen LogP contribution in [0, 0.1) is 6.92 Å². The minimum absolute atomic E-state index is 0.367. The van der Waals surface area contributed by atoms with Gasteiger partial charge in [0.15, 0.2) is 5.13 Å². The Hall–Kier alpha value is -2.21. The predicted molar refractivity (Wildman–Crippen MR) is 113 cm³/mol. The molecule has 0 amide bonds. The third kappa shape index (κ3) is 4.49. The highest BCUT2D eigenvalue weighted by Crippen LogP contribution is 2.30. The van der Waals surface area contributed by atoms with Crippen molar-refractivity contribution < 1.29 is 0 Å². The lowest BCUT2D eigenvalue weighted by atomic mass is 9.97. The fourth-order valence-corrected chi connectivity index (χ4v) is 3.96. The van der Waals surface area contributed by atoms with Gasteiger partial charge in [-0.25, -0.2) is 15.0 Å². The number of benzene rings is 1. The molecule has 2 heterocycles. The van der Waals surface area contributed by atoms with Crippen molar-refractivity contribution >= 4 is 33.2 Å². The molecule has 0 spiro atoms. The molecule has 0 saturated heterocycles. The van der Waals surface area contributed by atoms with E-state index in [0.29, 0.717) is 11.2 Å². The molecule has 4 rings (SSSR count). The van der Waals surface area contributed by atoms with E-state index >= 15 is 0 Å². The van der Waals surface area contributed by atoms with Gasteiger partial charge in [-0.3, -0.25) is 0 Å². The van der Waals surface area contributed by atoms with E-state index < -0.39 is 0 Å². The first kappa shape index (κ1) is 20.1. The van der Waals surface area contributed by atoms with E-state index in [1.165, 1.54) is 16.1 Å². The van der Waals surface area contributed by atoms with Crippen LogP contribution >= 0.6 is 11.3 Å². The average Bonchev–Trinajstić information content (AvgIpc) is 3.05. The van der Waals surface area contributed by atoms with Gasteiger partial charge in [-0.2, -0.15) is 0 Å². The van der Waals surface area contributed by atoms with Crippen LogP contribution in [0.15, 0.2) is 24.5 Å². The van der Waals surface area contributed by atoms with E-state index in [0.717, 1.165) is 36.0 Å². The lowest BCUT2D eigenvalue weighted by Gasteiger charge is -2.23. The molecule has 1 aliphatic carbocycles. The number of nitrogen functional groups attached to an aromatic ring is 1. The molecule has 0 aliphatic heterocycles. The molecule has 2 aromatic heterocycles. The molecule has 0 radical (unpaired) electrons. The molecule has 0 bridgehead atoms. The quantitative estimate of drug-likeness (QED) is 0.663. The highest BCUT2D eigenvalue weighted by atomic mass is 32.1. The minimum Gasteiger partial charge on any atom is -0.375 e. The van der Waals surface area contributed by atoms with Crippen LogP contribution in [0.1, 0.15) is 50.3 Å². The summed E-state index contributed by atoms with van der Waals surface area (Å²) in [5.74, 6) is 0.916. The van der Waals surface area contributed by atoms with Gasteiger partial charge in [0.1, 0.15) is 12.1 Å². The van der Waals surface area contributed by atoms with E-state index in [-0.39, 0.29) is 0 Å². The molecule has 1 unspecified atom stereocenters. The summed E-state index contributed by atoms with van der Waals surface area (Å²) in [5.41, 5.74) is 9.17. The summed E-state index contributed by atoms with van der Waals surface area (Å²) in [4.78, 5) is 14.5. The van der Waals surface area contributed by atoms with Crippen molar-refractivity contribution in [3.05, 3.63) is 40.7 Å². The molecule has 1 aromatic carbocycles. The number of aromatic nitrogens is 3. The summed E-state index contributed by atoms with van der Waals surface area (Å²) < 4.78 is 0. The van der Waals surface area contributed by atoms with Crippen molar-refractivity contribution in [1.29, 1.82) is 0 Å². The summed E-state index contributed by atoms with van der Waals surface area (Å²) in [6.07, 6.45) is 4.61. The third-order valence-electron chi connectivity index (χ3n) is 4.09. The zero-order chi connectivity index (χ0) is 19.1. The summed E-state index contributed by atoms with van der Waals surface area (Å²) in [6, 6.07) is 6.62. The maximum Gasteiger partial charge on any atom is 0.180 e. The number of hydrogen-bond acceptors (Lipinski definition) is 6.